The lowest BCUT2D eigenvalue weighted by molar-refractivity contribution is -0.166. The zero-order chi connectivity index (χ0) is 19.2. The largest absolute Gasteiger partial charge is 0.480 e. The lowest BCUT2D eigenvalue weighted by atomic mass is 9.70. The molecule has 2 saturated carbocycles. The summed E-state index contributed by atoms with van der Waals surface area (Å²) >= 11 is 0. The molecule has 3 unspecified atom stereocenters. The second kappa shape index (κ2) is 6.59. The number of hydrogen-bond donors (Lipinski definition) is 2. The Morgan fingerprint density at radius 1 is 1.32 bits per heavy atom. The number of aliphatic carboxylic acids is 1. The number of likely N-dealkylation sites (N-methyl/N-ethyl adjacent to an activating group) is 1. The minimum Gasteiger partial charge on any atom is -0.480 e. The second-order valence-corrected chi connectivity index (χ2v) is 8.56. The number of carbonyl (C=O) groups excluding carboxylic acids is 2. The average molecular weight is 354 g/mol. The predicted molar refractivity (Wildman–Crippen MR) is 91.6 cm³/mol. The molecule has 2 aliphatic carbocycles. The molecule has 3 N–H and O–H groups in total. The van der Waals surface area contributed by atoms with Crippen molar-refractivity contribution in [3.63, 3.8) is 0 Å². The van der Waals surface area contributed by atoms with Gasteiger partial charge < -0.3 is 20.5 Å². The van der Waals surface area contributed by atoms with Gasteiger partial charge >= 0.3 is 11.9 Å². The van der Waals surface area contributed by atoms with Gasteiger partial charge in [-0.25, -0.2) is 4.79 Å². The monoisotopic (exact) mass is 354 g/mol. The molecule has 0 spiro atoms. The number of esters is 1. The first-order valence-corrected chi connectivity index (χ1v) is 8.84. The van der Waals surface area contributed by atoms with Gasteiger partial charge in [0.25, 0.3) is 0 Å². The standard InChI is InChI=1S/C18H30N2O5/c1-10(15(23)24)20(5)14(22)12(19)8-13(21)25-16-17(2,3)11-6-7-18(16,4)9-11/h10-12,16H,6-9,19H2,1-5H3,(H,23,24)/t10-,11?,12-,16?,18?/m0/s1. The Kier molecular flexibility index (Phi) is 5.19. The van der Waals surface area contributed by atoms with E-state index in [1.807, 2.05) is 0 Å². The molecule has 7 heteroatoms. The molecule has 2 fully saturated rings. The molecule has 0 aliphatic heterocycles. The van der Waals surface area contributed by atoms with Crippen LogP contribution in [-0.2, 0) is 19.1 Å². The molecule has 2 bridgehead atoms. The number of nitrogens with two attached hydrogens (primary N) is 1. The van der Waals surface area contributed by atoms with Crippen LogP contribution in [0.1, 0.15) is 53.4 Å². The summed E-state index contributed by atoms with van der Waals surface area (Å²) in [6.45, 7) is 7.82. The molecule has 142 valence electrons. The number of hydrogen-bond acceptors (Lipinski definition) is 5. The summed E-state index contributed by atoms with van der Waals surface area (Å²) in [5, 5.41) is 8.97. The van der Waals surface area contributed by atoms with Crippen LogP contribution < -0.4 is 5.73 Å². The van der Waals surface area contributed by atoms with Gasteiger partial charge in [0.1, 0.15) is 12.1 Å². The van der Waals surface area contributed by atoms with Crippen LogP contribution in [0.4, 0.5) is 0 Å². The SMILES string of the molecule is C[C@@H](C(=O)O)N(C)C(=O)[C@@H](N)CC(=O)OC1C2(C)CCC(C2)C1(C)C. The molecule has 0 aromatic carbocycles. The first-order valence-electron chi connectivity index (χ1n) is 8.84. The van der Waals surface area contributed by atoms with Crippen LogP contribution in [0.3, 0.4) is 0 Å². The molecule has 7 nitrogen and oxygen atoms in total. The van der Waals surface area contributed by atoms with Crippen LogP contribution in [0.5, 0.6) is 0 Å². The lowest BCUT2D eigenvalue weighted by Crippen LogP contribution is -2.50. The van der Waals surface area contributed by atoms with Gasteiger partial charge in [-0.15, -0.1) is 0 Å². The lowest BCUT2D eigenvalue weighted by Gasteiger charge is -2.41. The highest BCUT2D eigenvalue weighted by molar-refractivity contribution is 5.89. The maximum absolute atomic E-state index is 12.4. The van der Waals surface area contributed by atoms with Gasteiger partial charge in [0.2, 0.25) is 5.91 Å². The number of carbonyl (C=O) groups is 3. The van der Waals surface area contributed by atoms with E-state index >= 15 is 0 Å². The van der Waals surface area contributed by atoms with Gasteiger partial charge in [-0.05, 0) is 32.1 Å². The molecule has 2 aliphatic rings. The van der Waals surface area contributed by atoms with Crippen molar-refractivity contribution >= 4 is 17.8 Å². The molecular weight excluding hydrogens is 324 g/mol. The van der Waals surface area contributed by atoms with Gasteiger partial charge in [-0.2, -0.15) is 0 Å². The highest BCUT2D eigenvalue weighted by Crippen LogP contribution is 2.63. The van der Waals surface area contributed by atoms with Gasteiger partial charge in [-0.3, -0.25) is 9.59 Å². The summed E-state index contributed by atoms with van der Waals surface area (Å²) in [6, 6.07) is -2.10. The zero-order valence-electron chi connectivity index (χ0n) is 15.7. The number of carboxylic acids is 1. The predicted octanol–water partition coefficient (Wildman–Crippen LogP) is 1.39. The number of fused-ring (bicyclic) bond motifs is 2. The third-order valence-electron chi connectivity index (χ3n) is 6.38. The highest BCUT2D eigenvalue weighted by atomic mass is 16.5. The first kappa shape index (κ1) is 19.7. The Balaban J connectivity index is 1.96. The van der Waals surface area contributed by atoms with Gasteiger partial charge in [0, 0.05) is 17.9 Å². The summed E-state index contributed by atoms with van der Waals surface area (Å²) in [7, 11) is 1.37. The van der Waals surface area contributed by atoms with E-state index < -0.39 is 29.9 Å². The third-order valence-corrected chi connectivity index (χ3v) is 6.38. The van der Waals surface area contributed by atoms with Crippen molar-refractivity contribution in [3.8, 4) is 0 Å². The van der Waals surface area contributed by atoms with Crippen LogP contribution in [0, 0.1) is 16.7 Å². The molecule has 0 aromatic heterocycles. The Bertz CT molecular complexity index is 571. The van der Waals surface area contributed by atoms with E-state index in [1.54, 1.807) is 0 Å². The topological polar surface area (TPSA) is 110 Å². The van der Waals surface area contributed by atoms with E-state index in [1.165, 1.54) is 14.0 Å². The molecule has 0 aromatic rings. The fraction of sp³-hybridized carbons (Fsp3) is 0.833. The quantitative estimate of drug-likeness (QED) is 0.698. The summed E-state index contributed by atoms with van der Waals surface area (Å²) < 4.78 is 5.77. The van der Waals surface area contributed by atoms with E-state index in [2.05, 4.69) is 20.8 Å². The van der Waals surface area contributed by atoms with Crippen molar-refractivity contribution in [1.29, 1.82) is 0 Å². The minimum atomic E-state index is -1.12. The molecular formula is C18H30N2O5. The summed E-state index contributed by atoms with van der Waals surface area (Å²) in [5.41, 5.74) is 5.74. The van der Waals surface area contributed by atoms with Crippen LogP contribution in [0.25, 0.3) is 0 Å². The van der Waals surface area contributed by atoms with Crippen molar-refractivity contribution in [2.24, 2.45) is 22.5 Å². The summed E-state index contributed by atoms with van der Waals surface area (Å²) in [6.07, 6.45) is 2.84. The molecule has 5 atom stereocenters. The van der Waals surface area contributed by atoms with Gasteiger partial charge in [0.05, 0.1) is 12.5 Å². The van der Waals surface area contributed by atoms with Crippen LogP contribution >= 0.6 is 0 Å². The smallest absolute Gasteiger partial charge is 0.326 e. The molecule has 1 amide bonds. The van der Waals surface area contributed by atoms with Crippen molar-refractivity contribution < 1.29 is 24.2 Å². The van der Waals surface area contributed by atoms with Gasteiger partial charge in [0.15, 0.2) is 0 Å². The number of rotatable bonds is 6. The van der Waals surface area contributed by atoms with Crippen LogP contribution in [0.15, 0.2) is 0 Å². The maximum Gasteiger partial charge on any atom is 0.326 e. The summed E-state index contributed by atoms with van der Waals surface area (Å²) in [4.78, 5) is 36.6. The number of nitrogens with zero attached hydrogens (tertiary/aromatic N) is 1. The van der Waals surface area contributed by atoms with Crippen LogP contribution in [0.2, 0.25) is 0 Å². The van der Waals surface area contributed by atoms with E-state index in [0.717, 1.165) is 24.2 Å². The van der Waals surface area contributed by atoms with E-state index in [0.29, 0.717) is 5.92 Å². The molecule has 2 rings (SSSR count). The number of ether oxygens (including phenoxy) is 1. The maximum atomic E-state index is 12.4. The highest BCUT2D eigenvalue weighted by Gasteiger charge is 2.61. The third kappa shape index (κ3) is 3.52. The van der Waals surface area contributed by atoms with Crippen molar-refractivity contribution in [1.82, 2.24) is 4.90 Å². The van der Waals surface area contributed by atoms with E-state index in [4.69, 9.17) is 15.6 Å². The number of carboxylic acid groups (broad SMARTS) is 1. The molecule has 0 radical (unpaired) electrons. The number of amides is 1. The zero-order valence-corrected chi connectivity index (χ0v) is 15.7. The van der Waals surface area contributed by atoms with Crippen molar-refractivity contribution in [2.45, 2.75) is 71.6 Å². The van der Waals surface area contributed by atoms with Crippen molar-refractivity contribution in [2.75, 3.05) is 7.05 Å². The molecule has 25 heavy (non-hydrogen) atoms. The van der Waals surface area contributed by atoms with Crippen LogP contribution in [-0.4, -0.2) is 53.1 Å². The molecule has 0 saturated heterocycles. The molecule has 0 heterocycles. The Labute approximate surface area is 148 Å². The van der Waals surface area contributed by atoms with Crippen molar-refractivity contribution in [3.05, 3.63) is 0 Å². The summed E-state index contributed by atoms with van der Waals surface area (Å²) in [5.74, 6) is -1.65. The Hall–Kier alpha value is -1.63. The van der Waals surface area contributed by atoms with Gasteiger partial charge in [-0.1, -0.05) is 20.8 Å². The normalized spacial score (nSPS) is 32.1. The first-order chi connectivity index (χ1) is 11.4. The minimum absolute atomic E-state index is 0.00740. The fourth-order valence-corrected chi connectivity index (χ4v) is 4.61. The van der Waals surface area contributed by atoms with E-state index in [-0.39, 0.29) is 23.4 Å². The fourth-order valence-electron chi connectivity index (χ4n) is 4.61. The Morgan fingerprint density at radius 3 is 2.40 bits per heavy atom. The Morgan fingerprint density at radius 2 is 1.92 bits per heavy atom. The second-order valence-electron chi connectivity index (χ2n) is 8.56. The van der Waals surface area contributed by atoms with E-state index in [9.17, 15) is 14.4 Å². The average Bonchev–Trinajstić information content (AvgIpc) is 3.00.